The second-order valence-electron chi connectivity index (χ2n) is 4.48. The lowest BCUT2D eigenvalue weighted by atomic mass is 10.1. The molecule has 0 saturated heterocycles. The Hall–Kier alpha value is -0.500. The van der Waals surface area contributed by atoms with Gasteiger partial charge in [0.05, 0.1) is 0 Å². The molecule has 2 heteroatoms. The summed E-state index contributed by atoms with van der Waals surface area (Å²) in [7, 11) is 0. The predicted octanol–water partition coefficient (Wildman–Crippen LogP) is 3.46. The average molecular weight is 210 g/mol. The monoisotopic (exact) mass is 210 g/mol. The molecule has 0 aromatic carbocycles. The number of nitrogens with one attached hydrogen (secondary N) is 1. The van der Waals surface area contributed by atoms with E-state index in [1.54, 1.807) is 5.57 Å². The van der Waals surface area contributed by atoms with E-state index < -0.39 is 0 Å². The third kappa shape index (κ3) is 5.22. The Morgan fingerprint density at radius 3 is 2.60 bits per heavy atom. The van der Waals surface area contributed by atoms with Crippen molar-refractivity contribution in [2.24, 2.45) is 0 Å². The molecule has 2 nitrogen and oxygen atoms in total. The normalized spacial score (nSPS) is 15.9. The fourth-order valence-corrected chi connectivity index (χ4v) is 1.95. The lowest BCUT2D eigenvalue weighted by Crippen LogP contribution is -2.29. The van der Waals surface area contributed by atoms with Crippen LogP contribution in [-0.2, 0) is 0 Å². The van der Waals surface area contributed by atoms with E-state index in [-0.39, 0.29) is 0 Å². The molecule has 0 radical (unpaired) electrons. The zero-order valence-electron chi connectivity index (χ0n) is 10.4. The third-order valence-corrected chi connectivity index (χ3v) is 2.95. The minimum absolute atomic E-state index is 1.08. The molecule has 0 unspecified atom stereocenters. The Bertz CT molecular complexity index is 187. The van der Waals surface area contributed by atoms with Crippen LogP contribution in [0.4, 0.5) is 0 Å². The Labute approximate surface area is 94.7 Å². The highest BCUT2D eigenvalue weighted by molar-refractivity contribution is 5.07. The molecule has 1 heterocycles. The van der Waals surface area contributed by atoms with E-state index in [0.29, 0.717) is 0 Å². The Morgan fingerprint density at radius 2 is 1.87 bits per heavy atom. The highest BCUT2D eigenvalue weighted by Crippen LogP contribution is 2.13. The molecule has 1 N–H and O–H groups in total. The highest BCUT2D eigenvalue weighted by atomic mass is 15.5. The summed E-state index contributed by atoms with van der Waals surface area (Å²) in [6.07, 6.45) is 11.6. The Balaban J connectivity index is 2.10. The van der Waals surface area contributed by atoms with Crippen LogP contribution < -0.4 is 5.43 Å². The first-order valence-corrected chi connectivity index (χ1v) is 6.56. The Morgan fingerprint density at radius 1 is 1.13 bits per heavy atom. The quantitative estimate of drug-likeness (QED) is 0.617. The first-order valence-electron chi connectivity index (χ1n) is 6.56. The van der Waals surface area contributed by atoms with E-state index in [9.17, 15) is 0 Å². The van der Waals surface area contributed by atoms with Crippen molar-refractivity contribution in [2.45, 2.75) is 58.8 Å². The van der Waals surface area contributed by atoms with Crippen molar-refractivity contribution in [1.82, 2.24) is 10.4 Å². The van der Waals surface area contributed by atoms with E-state index in [0.717, 1.165) is 6.54 Å². The van der Waals surface area contributed by atoms with Gasteiger partial charge < -0.3 is 5.01 Å². The van der Waals surface area contributed by atoms with Gasteiger partial charge in [0, 0.05) is 19.3 Å². The summed E-state index contributed by atoms with van der Waals surface area (Å²) in [6, 6.07) is 0. The van der Waals surface area contributed by atoms with Crippen LogP contribution >= 0.6 is 0 Å². The second kappa shape index (κ2) is 7.75. The maximum Gasteiger partial charge on any atom is 0.0378 e. The standard InChI is InChI=1S/C13H26N2/c1-3-5-7-9-13-11-14-15(12-13)10-8-6-4-2/h12,14H,3-11H2,1-2H3. The lowest BCUT2D eigenvalue weighted by molar-refractivity contribution is 0.299. The minimum Gasteiger partial charge on any atom is -0.315 e. The van der Waals surface area contributed by atoms with Gasteiger partial charge in [-0.1, -0.05) is 39.5 Å². The molecule has 0 atom stereocenters. The molecule has 1 aliphatic heterocycles. The first-order chi connectivity index (χ1) is 7.36. The van der Waals surface area contributed by atoms with E-state index in [2.05, 4.69) is 30.5 Å². The van der Waals surface area contributed by atoms with Crippen LogP contribution in [0.25, 0.3) is 0 Å². The second-order valence-corrected chi connectivity index (χ2v) is 4.48. The van der Waals surface area contributed by atoms with Gasteiger partial charge in [-0.2, -0.15) is 0 Å². The van der Waals surface area contributed by atoms with Crippen molar-refractivity contribution < 1.29 is 0 Å². The average Bonchev–Trinajstić information content (AvgIpc) is 2.67. The molecule has 0 aliphatic carbocycles. The smallest absolute Gasteiger partial charge is 0.0378 e. The topological polar surface area (TPSA) is 15.3 Å². The molecule has 0 aromatic rings. The van der Waals surface area contributed by atoms with Crippen LogP contribution in [0.5, 0.6) is 0 Å². The van der Waals surface area contributed by atoms with Crippen LogP contribution in [-0.4, -0.2) is 18.1 Å². The molecule has 1 rings (SSSR count). The number of unbranched alkanes of at least 4 members (excludes halogenated alkanes) is 4. The van der Waals surface area contributed by atoms with E-state index in [1.165, 1.54) is 51.5 Å². The largest absolute Gasteiger partial charge is 0.315 e. The minimum atomic E-state index is 1.08. The third-order valence-electron chi connectivity index (χ3n) is 2.95. The summed E-state index contributed by atoms with van der Waals surface area (Å²) in [5, 5.41) is 2.27. The molecular weight excluding hydrogens is 184 g/mol. The molecule has 0 bridgehead atoms. The lowest BCUT2D eigenvalue weighted by Gasteiger charge is -2.14. The summed E-state index contributed by atoms with van der Waals surface area (Å²) in [5.41, 5.74) is 5.02. The summed E-state index contributed by atoms with van der Waals surface area (Å²) in [6.45, 7) is 6.77. The van der Waals surface area contributed by atoms with Crippen molar-refractivity contribution in [3.8, 4) is 0 Å². The number of hydrogen-bond donors (Lipinski definition) is 1. The van der Waals surface area contributed by atoms with Crippen LogP contribution in [0.1, 0.15) is 58.8 Å². The maximum absolute atomic E-state index is 3.43. The first kappa shape index (κ1) is 12.6. The van der Waals surface area contributed by atoms with Crippen LogP contribution in [0, 0.1) is 0 Å². The molecule has 1 aliphatic rings. The van der Waals surface area contributed by atoms with E-state index in [4.69, 9.17) is 0 Å². The van der Waals surface area contributed by atoms with Gasteiger partial charge in [0.2, 0.25) is 0 Å². The van der Waals surface area contributed by atoms with Gasteiger partial charge in [-0.05, 0) is 24.8 Å². The van der Waals surface area contributed by atoms with Gasteiger partial charge in [-0.15, -0.1) is 0 Å². The summed E-state index contributed by atoms with van der Waals surface area (Å²) >= 11 is 0. The van der Waals surface area contributed by atoms with Crippen molar-refractivity contribution in [1.29, 1.82) is 0 Å². The van der Waals surface area contributed by atoms with Gasteiger partial charge in [-0.25, -0.2) is 5.43 Å². The maximum atomic E-state index is 3.43. The predicted molar refractivity (Wildman–Crippen MR) is 66.5 cm³/mol. The zero-order chi connectivity index (χ0) is 10.9. The van der Waals surface area contributed by atoms with Gasteiger partial charge in [0.1, 0.15) is 0 Å². The number of rotatable bonds is 8. The summed E-state index contributed by atoms with van der Waals surface area (Å²) in [4.78, 5) is 0. The highest BCUT2D eigenvalue weighted by Gasteiger charge is 2.10. The SMILES string of the molecule is CCCCCC1=CN(CCCCC)NC1. The summed E-state index contributed by atoms with van der Waals surface area (Å²) < 4.78 is 0. The number of hydrogen-bond acceptors (Lipinski definition) is 2. The van der Waals surface area contributed by atoms with Crippen molar-refractivity contribution >= 4 is 0 Å². The molecule has 0 aromatic heterocycles. The molecule has 15 heavy (non-hydrogen) atoms. The molecule has 0 saturated carbocycles. The zero-order valence-corrected chi connectivity index (χ0v) is 10.4. The van der Waals surface area contributed by atoms with Gasteiger partial charge >= 0.3 is 0 Å². The van der Waals surface area contributed by atoms with Gasteiger partial charge in [-0.3, -0.25) is 0 Å². The van der Waals surface area contributed by atoms with Crippen LogP contribution in [0.2, 0.25) is 0 Å². The fourth-order valence-electron chi connectivity index (χ4n) is 1.95. The Kier molecular flexibility index (Phi) is 6.49. The van der Waals surface area contributed by atoms with Crippen molar-refractivity contribution in [3.63, 3.8) is 0 Å². The number of nitrogens with zero attached hydrogens (tertiary/aromatic N) is 1. The molecule has 0 amide bonds. The van der Waals surface area contributed by atoms with E-state index >= 15 is 0 Å². The van der Waals surface area contributed by atoms with Crippen LogP contribution in [0.15, 0.2) is 11.8 Å². The van der Waals surface area contributed by atoms with Gasteiger partial charge in [0.15, 0.2) is 0 Å². The van der Waals surface area contributed by atoms with Gasteiger partial charge in [0.25, 0.3) is 0 Å². The number of hydrazine groups is 1. The molecule has 0 spiro atoms. The van der Waals surface area contributed by atoms with Crippen molar-refractivity contribution in [3.05, 3.63) is 11.8 Å². The fraction of sp³-hybridized carbons (Fsp3) is 0.846. The summed E-state index contributed by atoms with van der Waals surface area (Å²) in [5.74, 6) is 0. The van der Waals surface area contributed by atoms with E-state index in [1.807, 2.05) is 0 Å². The molecular formula is C13H26N2. The van der Waals surface area contributed by atoms with Crippen molar-refractivity contribution in [2.75, 3.05) is 13.1 Å². The molecule has 88 valence electrons. The molecule has 0 fully saturated rings. The van der Waals surface area contributed by atoms with Crippen LogP contribution in [0.3, 0.4) is 0 Å².